The molecule has 17 heavy (non-hydrogen) atoms. The minimum absolute atomic E-state index is 0.965. The highest BCUT2D eigenvalue weighted by molar-refractivity contribution is 8.00. The van der Waals surface area contributed by atoms with Crippen LogP contribution in [0.4, 0.5) is 0 Å². The first-order valence-electron chi connectivity index (χ1n) is 7.19. The van der Waals surface area contributed by atoms with Crippen LogP contribution in [0.15, 0.2) is 0 Å². The van der Waals surface area contributed by atoms with Crippen LogP contribution in [0.1, 0.15) is 77.0 Å². The van der Waals surface area contributed by atoms with Crippen LogP contribution in [-0.2, 0) is 0 Å². The molecule has 0 fully saturated rings. The van der Waals surface area contributed by atoms with E-state index in [9.17, 15) is 0 Å². The maximum atomic E-state index is 5.21. The summed E-state index contributed by atoms with van der Waals surface area (Å²) < 4.78 is 0. The zero-order chi connectivity index (χ0) is 12.6. The van der Waals surface area contributed by atoms with Gasteiger partial charge in [-0.05, 0) is 19.1 Å². The summed E-state index contributed by atoms with van der Waals surface area (Å²) in [6.45, 7) is 0. The van der Waals surface area contributed by atoms with Crippen LogP contribution in [0.5, 0.6) is 0 Å². The third-order valence-electron chi connectivity index (χ3n) is 3.06. The van der Waals surface area contributed by atoms with E-state index < -0.39 is 0 Å². The molecule has 99 valence electrons. The van der Waals surface area contributed by atoms with Gasteiger partial charge in [-0.15, -0.1) is 12.3 Å². The molecule has 0 aromatic carbocycles. The van der Waals surface area contributed by atoms with Gasteiger partial charge in [0.15, 0.2) is 0 Å². The molecule has 1 heteroatoms. The highest BCUT2D eigenvalue weighted by Crippen LogP contribution is 2.13. The molecule has 0 saturated carbocycles. The van der Waals surface area contributed by atoms with Crippen molar-refractivity contribution in [2.75, 3.05) is 6.26 Å². The molecular weight excluding hydrogens is 224 g/mol. The number of unbranched alkanes of at least 4 members (excludes halogenated alkanes) is 11. The SMILES string of the molecule is C#CCCCCCCCCCCCC[CH]SC. The predicted octanol–water partition coefficient (Wildman–Crippen LogP) is 5.83. The molecule has 0 aliphatic heterocycles. The van der Waals surface area contributed by atoms with Crippen LogP contribution in [0.2, 0.25) is 0 Å². The van der Waals surface area contributed by atoms with Gasteiger partial charge < -0.3 is 0 Å². The summed E-state index contributed by atoms with van der Waals surface area (Å²) in [7, 11) is 0. The Morgan fingerprint density at radius 1 is 0.824 bits per heavy atom. The lowest BCUT2D eigenvalue weighted by atomic mass is 10.1. The summed E-state index contributed by atoms with van der Waals surface area (Å²) in [4.78, 5) is 0. The molecule has 0 nitrogen and oxygen atoms in total. The average Bonchev–Trinajstić information content (AvgIpc) is 2.35. The fourth-order valence-electron chi connectivity index (χ4n) is 1.99. The van der Waals surface area contributed by atoms with Crippen molar-refractivity contribution in [3.05, 3.63) is 5.75 Å². The minimum Gasteiger partial charge on any atom is -0.161 e. The van der Waals surface area contributed by atoms with Crippen molar-refractivity contribution in [3.63, 3.8) is 0 Å². The summed E-state index contributed by atoms with van der Waals surface area (Å²) >= 11 is 1.85. The molecule has 0 unspecified atom stereocenters. The van der Waals surface area contributed by atoms with Crippen LogP contribution in [0.3, 0.4) is 0 Å². The lowest BCUT2D eigenvalue weighted by Crippen LogP contribution is -1.82. The summed E-state index contributed by atoms with van der Waals surface area (Å²) in [5, 5.41) is 0. The predicted molar refractivity (Wildman–Crippen MR) is 82.1 cm³/mol. The van der Waals surface area contributed by atoms with E-state index in [0.717, 1.165) is 6.42 Å². The quantitative estimate of drug-likeness (QED) is 0.294. The maximum Gasteiger partial charge on any atom is 0.0163 e. The van der Waals surface area contributed by atoms with E-state index in [2.05, 4.69) is 17.9 Å². The Bertz CT molecular complexity index is 169. The largest absolute Gasteiger partial charge is 0.161 e. The van der Waals surface area contributed by atoms with Gasteiger partial charge in [0.05, 0.1) is 0 Å². The molecule has 0 saturated heterocycles. The molecule has 0 amide bonds. The molecule has 0 atom stereocenters. The fraction of sp³-hybridized carbons (Fsp3) is 0.812. The Hall–Kier alpha value is -0.0900. The first-order chi connectivity index (χ1) is 8.41. The van der Waals surface area contributed by atoms with E-state index in [1.165, 1.54) is 70.6 Å². The van der Waals surface area contributed by atoms with Crippen LogP contribution >= 0.6 is 11.8 Å². The maximum absolute atomic E-state index is 5.21. The Labute approximate surface area is 113 Å². The molecule has 0 rings (SSSR count). The van der Waals surface area contributed by atoms with E-state index in [1.807, 2.05) is 11.8 Å². The number of thioether (sulfide) groups is 1. The van der Waals surface area contributed by atoms with Gasteiger partial charge in [-0.3, -0.25) is 0 Å². The first-order valence-corrected chi connectivity index (χ1v) is 8.48. The summed E-state index contributed by atoms with van der Waals surface area (Å²) in [5.74, 6) is 5.02. The van der Waals surface area contributed by atoms with Gasteiger partial charge in [-0.1, -0.05) is 57.8 Å². The van der Waals surface area contributed by atoms with Crippen molar-refractivity contribution in [3.8, 4) is 12.3 Å². The van der Waals surface area contributed by atoms with Gasteiger partial charge in [-0.2, -0.15) is 11.8 Å². The molecule has 0 aliphatic rings. The molecule has 0 aromatic heterocycles. The van der Waals surface area contributed by atoms with Crippen molar-refractivity contribution in [2.24, 2.45) is 0 Å². The van der Waals surface area contributed by atoms with Gasteiger partial charge in [0.2, 0.25) is 0 Å². The van der Waals surface area contributed by atoms with Gasteiger partial charge in [-0.25, -0.2) is 0 Å². The van der Waals surface area contributed by atoms with E-state index >= 15 is 0 Å². The number of rotatable bonds is 13. The van der Waals surface area contributed by atoms with E-state index in [1.54, 1.807) is 0 Å². The monoisotopic (exact) mass is 253 g/mol. The molecule has 0 N–H and O–H groups in total. The number of hydrogen-bond donors (Lipinski definition) is 0. The Kier molecular flexibility index (Phi) is 15.8. The van der Waals surface area contributed by atoms with E-state index in [4.69, 9.17) is 6.42 Å². The number of hydrogen-bond acceptors (Lipinski definition) is 1. The summed E-state index contributed by atoms with van der Waals surface area (Å²) in [6.07, 6.45) is 23.5. The van der Waals surface area contributed by atoms with E-state index in [-0.39, 0.29) is 0 Å². The molecule has 0 aliphatic carbocycles. The molecule has 0 aromatic rings. The van der Waals surface area contributed by atoms with Gasteiger partial charge in [0.25, 0.3) is 0 Å². The van der Waals surface area contributed by atoms with Gasteiger partial charge in [0.1, 0.15) is 0 Å². The zero-order valence-electron chi connectivity index (χ0n) is 11.5. The van der Waals surface area contributed by atoms with Crippen molar-refractivity contribution in [2.45, 2.75) is 77.0 Å². The van der Waals surface area contributed by atoms with Gasteiger partial charge in [0, 0.05) is 12.2 Å². The standard InChI is InChI=1S/C16H29S/c1-3-4-5-6-7-8-9-10-11-12-13-14-15-16-17-2/h1,16H,4-15H2,2H3. The van der Waals surface area contributed by atoms with E-state index in [0.29, 0.717) is 0 Å². The van der Waals surface area contributed by atoms with Crippen LogP contribution in [0.25, 0.3) is 0 Å². The topological polar surface area (TPSA) is 0 Å². The zero-order valence-corrected chi connectivity index (χ0v) is 12.4. The second kappa shape index (κ2) is 15.9. The molecular formula is C16H29S. The second-order valence-electron chi connectivity index (χ2n) is 4.68. The third-order valence-corrected chi connectivity index (χ3v) is 3.63. The van der Waals surface area contributed by atoms with Crippen LogP contribution in [-0.4, -0.2) is 6.26 Å². The second-order valence-corrected chi connectivity index (χ2v) is 5.49. The van der Waals surface area contributed by atoms with Crippen molar-refractivity contribution < 1.29 is 0 Å². The lowest BCUT2D eigenvalue weighted by Gasteiger charge is -2.02. The molecule has 1 radical (unpaired) electrons. The highest BCUT2D eigenvalue weighted by Gasteiger charge is 1.93. The lowest BCUT2D eigenvalue weighted by molar-refractivity contribution is 0.554. The van der Waals surface area contributed by atoms with Crippen LogP contribution in [0, 0.1) is 18.1 Å². The average molecular weight is 253 g/mol. The molecule has 0 spiro atoms. The van der Waals surface area contributed by atoms with Crippen molar-refractivity contribution >= 4 is 11.8 Å². The third kappa shape index (κ3) is 15.9. The first kappa shape index (κ1) is 16.9. The number of terminal acetylenes is 1. The van der Waals surface area contributed by atoms with Gasteiger partial charge >= 0.3 is 0 Å². The minimum atomic E-state index is 0.965. The fourth-order valence-corrected chi connectivity index (χ4v) is 2.39. The molecule has 0 bridgehead atoms. The Balaban J connectivity index is 2.87. The van der Waals surface area contributed by atoms with Crippen molar-refractivity contribution in [1.29, 1.82) is 0 Å². The highest BCUT2D eigenvalue weighted by atomic mass is 32.2. The summed E-state index contributed by atoms with van der Waals surface area (Å²) in [6, 6.07) is 0. The van der Waals surface area contributed by atoms with Crippen molar-refractivity contribution in [1.82, 2.24) is 0 Å². The summed E-state index contributed by atoms with van der Waals surface area (Å²) in [5.41, 5.74) is 0. The normalized spacial score (nSPS) is 10.4. The Morgan fingerprint density at radius 2 is 1.29 bits per heavy atom. The van der Waals surface area contributed by atoms with Crippen LogP contribution < -0.4 is 0 Å². The smallest absolute Gasteiger partial charge is 0.0163 e. The Morgan fingerprint density at radius 3 is 1.76 bits per heavy atom. The molecule has 0 heterocycles.